The first-order valence-corrected chi connectivity index (χ1v) is 12.9. The summed E-state index contributed by atoms with van der Waals surface area (Å²) in [7, 11) is 0. The van der Waals surface area contributed by atoms with Crippen molar-refractivity contribution < 1.29 is 9.90 Å². The van der Waals surface area contributed by atoms with E-state index in [0.717, 1.165) is 0 Å². The molecule has 8 nitrogen and oxygen atoms in total. The first-order valence-electron chi connectivity index (χ1n) is 9.63. The Labute approximate surface area is 242 Å². The van der Waals surface area contributed by atoms with Crippen LogP contribution in [0, 0.1) is 7.14 Å². The van der Waals surface area contributed by atoms with E-state index in [2.05, 4.69) is 65.1 Å². The van der Waals surface area contributed by atoms with Gasteiger partial charge in [-0.25, -0.2) is 14.8 Å². The maximum Gasteiger partial charge on any atom is 0.335 e. The first-order chi connectivity index (χ1) is 16.8. The van der Waals surface area contributed by atoms with Crippen molar-refractivity contribution in [3.63, 3.8) is 0 Å². The highest BCUT2D eigenvalue weighted by molar-refractivity contribution is 14.1. The van der Waals surface area contributed by atoms with Crippen LogP contribution in [0.3, 0.4) is 0 Å². The monoisotopic (exact) mass is 748 g/mol. The van der Waals surface area contributed by atoms with Gasteiger partial charge < -0.3 is 5.11 Å². The number of aromatic carboxylic acids is 1. The Kier molecular flexibility index (Phi) is 8.31. The molecule has 4 aromatic rings. The molecule has 0 atom stereocenters. The Bertz CT molecular complexity index is 1410. The largest absolute Gasteiger partial charge is 0.478 e. The van der Waals surface area contributed by atoms with E-state index in [1.54, 1.807) is 21.9 Å². The third-order valence-electron chi connectivity index (χ3n) is 4.53. The molecule has 0 amide bonds. The van der Waals surface area contributed by atoms with Gasteiger partial charge in [-0.05, 0) is 81.7 Å². The van der Waals surface area contributed by atoms with E-state index in [9.17, 15) is 9.90 Å². The molecule has 176 valence electrons. The fourth-order valence-electron chi connectivity index (χ4n) is 3.11. The molecule has 0 spiro atoms. The van der Waals surface area contributed by atoms with Crippen molar-refractivity contribution in [2.24, 2.45) is 0 Å². The van der Waals surface area contributed by atoms with Crippen molar-refractivity contribution in [1.29, 1.82) is 0 Å². The van der Waals surface area contributed by atoms with E-state index in [1.165, 1.54) is 24.8 Å². The number of aromatic nitrogens is 4. The molecular weight excluding hydrogens is 737 g/mol. The van der Waals surface area contributed by atoms with Gasteiger partial charge in [0.2, 0.25) is 0 Å². The van der Waals surface area contributed by atoms with Crippen LogP contribution >= 0.6 is 80.6 Å². The molecule has 2 aromatic heterocycles. The van der Waals surface area contributed by atoms with Gasteiger partial charge >= 0.3 is 5.97 Å². The van der Waals surface area contributed by atoms with Gasteiger partial charge in [0.1, 0.15) is 10.3 Å². The Balaban J connectivity index is 1.97. The van der Waals surface area contributed by atoms with Crippen LogP contribution in [0.25, 0.3) is 0 Å². The number of nitrogens with zero attached hydrogens (tertiary/aromatic N) is 6. The van der Waals surface area contributed by atoms with E-state index in [4.69, 9.17) is 35.4 Å². The number of carbonyl (C=O) groups is 1. The number of benzene rings is 2. The van der Waals surface area contributed by atoms with Crippen LogP contribution in [0.5, 0.6) is 0 Å². The zero-order chi connectivity index (χ0) is 25.1. The molecule has 0 saturated carbocycles. The molecule has 0 aliphatic heterocycles. The molecule has 0 aliphatic rings. The molecule has 0 radical (unpaired) electrons. The van der Waals surface area contributed by atoms with Gasteiger partial charge in [0, 0.05) is 12.8 Å². The van der Waals surface area contributed by atoms with Gasteiger partial charge in [-0.3, -0.25) is 19.8 Å². The molecule has 0 fully saturated rings. The highest BCUT2D eigenvalue weighted by Gasteiger charge is 2.29. The number of halogens is 4. The van der Waals surface area contributed by atoms with Crippen molar-refractivity contribution in [3.8, 4) is 0 Å². The number of rotatable bonds is 5. The summed E-state index contributed by atoms with van der Waals surface area (Å²) in [4.78, 5) is 32.2. The van der Waals surface area contributed by atoms with Gasteiger partial charge in [0.25, 0.3) is 0 Å². The lowest BCUT2D eigenvalue weighted by molar-refractivity contribution is 0.0696. The predicted molar refractivity (Wildman–Crippen MR) is 156 cm³/mol. The summed E-state index contributed by atoms with van der Waals surface area (Å²) in [5, 5.41) is 10.1. The summed E-state index contributed by atoms with van der Waals surface area (Å²) >= 11 is 22.5. The maximum atomic E-state index is 11.6. The van der Waals surface area contributed by atoms with Crippen LogP contribution in [0.1, 0.15) is 10.4 Å². The van der Waals surface area contributed by atoms with Gasteiger partial charge in [0.05, 0.1) is 36.0 Å². The lowest BCUT2D eigenvalue weighted by Gasteiger charge is -2.33. The van der Waals surface area contributed by atoms with Gasteiger partial charge in [0.15, 0.2) is 16.7 Å². The SMILES string of the molecule is O=C(O)c1cc(I)c(N(C(=S)N(c2ccccc2)c2cncc(Cl)n2)c2cncc(Cl)n2)c(I)c1. The predicted octanol–water partition coefficient (Wildman–Crippen LogP) is 6.74. The minimum atomic E-state index is -1.04. The van der Waals surface area contributed by atoms with Crippen molar-refractivity contribution in [2.45, 2.75) is 0 Å². The Morgan fingerprint density at radius 2 is 1.37 bits per heavy atom. The smallest absolute Gasteiger partial charge is 0.335 e. The fourth-order valence-corrected chi connectivity index (χ4v) is 6.03. The highest BCUT2D eigenvalue weighted by atomic mass is 127. The molecule has 13 heteroatoms. The molecule has 2 heterocycles. The van der Waals surface area contributed by atoms with E-state index in [0.29, 0.717) is 30.2 Å². The Hall–Kier alpha value is -2.20. The van der Waals surface area contributed by atoms with Gasteiger partial charge in [-0.2, -0.15) is 0 Å². The summed E-state index contributed by atoms with van der Waals surface area (Å²) in [6, 6.07) is 12.4. The quantitative estimate of drug-likeness (QED) is 0.176. The molecular formula is C22H12Cl2I2N6O2S. The summed E-state index contributed by atoms with van der Waals surface area (Å²) in [5.41, 5.74) is 1.45. The third-order valence-corrected chi connectivity index (χ3v) is 6.90. The summed E-state index contributed by atoms with van der Waals surface area (Å²) in [5.74, 6) is -0.331. The van der Waals surface area contributed by atoms with Crippen molar-refractivity contribution >= 4 is 115 Å². The Morgan fingerprint density at radius 3 is 1.86 bits per heavy atom. The number of anilines is 4. The molecule has 0 aliphatic carbocycles. The number of hydrogen-bond donors (Lipinski definition) is 1. The lowest BCUT2D eigenvalue weighted by Crippen LogP contribution is -2.39. The lowest BCUT2D eigenvalue weighted by atomic mass is 10.2. The molecule has 0 bridgehead atoms. The van der Waals surface area contributed by atoms with E-state index in [1.807, 2.05) is 30.3 Å². The average Bonchev–Trinajstić information content (AvgIpc) is 2.82. The van der Waals surface area contributed by atoms with Gasteiger partial charge in [-0.15, -0.1) is 0 Å². The zero-order valence-electron chi connectivity index (χ0n) is 17.3. The molecule has 2 aromatic carbocycles. The first kappa shape index (κ1) is 25.9. The highest BCUT2D eigenvalue weighted by Crippen LogP contribution is 2.37. The molecule has 4 rings (SSSR count). The summed E-state index contributed by atoms with van der Waals surface area (Å²) in [6.07, 6.45) is 5.89. The van der Waals surface area contributed by atoms with Crippen LogP contribution in [0.15, 0.2) is 67.3 Å². The van der Waals surface area contributed by atoms with E-state index < -0.39 is 5.97 Å². The van der Waals surface area contributed by atoms with Crippen LogP contribution < -0.4 is 9.80 Å². The number of carboxylic acid groups (broad SMARTS) is 1. The third kappa shape index (κ3) is 5.80. The fraction of sp³-hybridized carbons (Fsp3) is 0. The maximum absolute atomic E-state index is 11.6. The van der Waals surface area contributed by atoms with Crippen LogP contribution in [0.4, 0.5) is 23.0 Å². The molecule has 1 N–H and O–H groups in total. The van der Waals surface area contributed by atoms with E-state index >= 15 is 0 Å². The van der Waals surface area contributed by atoms with Crippen LogP contribution in [0.2, 0.25) is 10.3 Å². The number of thiocarbonyl (C=S) groups is 1. The minimum Gasteiger partial charge on any atom is -0.478 e. The van der Waals surface area contributed by atoms with Crippen molar-refractivity contribution in [3.05, 3.63) is 90.3 Å². The average molecular weight is 749 g/mol. The van der Waals surface area contributed by atoms with Crippen molar-refractivity contribution in [1.82, 2.24) is 19.9 Å². The second-order valence-corrected chi connectivity index (χ2v) is 10.2. The van der Waals surface area contributed by atoms with E-state index in [-0.39, 0.29) is 21.0 Å². The molecule has 0 unspecified atom stereocenters. The number of carboxylic acids is 1. The molecule has 35 heavy (non-hydrogen) atoms. The standard InChI is InChI=1S/C22H12Cl2I2N6O2S/c23-16-8-27-10-18(29-16)31(13-4-2-1-3-5-13)22(35)32(19-11-28-9-17(24)30-19)20-14(25)6-12(21(33)34)7-15(20)26/h1-11H,(H,33,34). The van der Waals surface area contributed by atoms with Gasteiger partial charge in [-0.1, -0.05) is 41.4 Å². The number of para-hydroxylation sites is 1. The second kappa shape index (κ2) is 11.2. The zero-order valence-corrected chi connectivity index (χ0v) is 24.0. The Morgan fingerprint density at radius 1 is 0.857 bits per heavy atom. The molecule has 0 saturated heterocycles. The second-order valence-electron chi connectivity index (χ2n) is 6.78. The van der Waals surface area contributed by atoms with Crippen LogP contribution in [-0.2, 0) is 0 Å². The van der Waals surface area contributed by atoms with Crippen molar-refractivity contribution in [2.75, 3.05) is 9.80 Å². The summed E-state index contributed by atoms with van der Waals surface area (Å²) in [6.45, 7) is 0. The normalized spacial score (nSPS) is 10.6. The summed E-state index contributed by atoms with van der Waals surface area (Å²) < 4.78 is 1.25. The number of hydrogen-bond acceptors (Lipinski definition) is 6. The topological polar surface area (TPSA) is 95.3 Å². The van der Waals surface area contributed by atoms with Crippen LogP contribution in [-0.4, -0.2) is 36.1 Å². The minimum absolute atomic E-state index is 0.145.